The molecule has 23 heavy (non-hydrogen) atoms. The minimum atomic E-state index is -0.0969. The topological polar surface area (TPSA) is 60.4 Å². The first kappa shape index (κ1) is 14.5. The van der Waals surface area contributed by atoms with E-state index in [9.17, 15) is 0 Å². The number of nitrogens with zero attached hydrogens (tertiary/aromatic N) is 4. The maximum absolute atomic E-state index is 6.08. The Morgan fingerprint density at radius 2 is 1.96 bits per heavy atom. The molecule has 2 aromatic heterocycles. The second kappa shape index (κ2) is 6.22. The summed E-state index contributed by atoms with van der Waals surface area (Å²) in [5.74, 6) is 0.779. The molecule has 0 aromatic carbocycles. The molecule has 2 aliphatic rings. The first-order chi connectivity index (χ1) is 11.3. The van der Waals surface area contributed by atoms with Crippen LogP contribution in [-0.4, -0.2) is 46.4 Å². The molecule has 2 aliphatic heterocycles. The molecule has 2 fully saturated rings. The minimum Gasteiger partial charge on any atom is -0.373 e. The van der Waals surface area contributed by atoms with Crippen LogP contribution in [0.4, 0.5) is 5.95 Å². The Labute approximate surface area is 135 Å². The maximum atomic E-state index is 6.08. The van der Waals surface area contributed by atoms with Gasteiger partial charge in [-0.1, -0.05) is 0 Å². The van der Waals surface area contributed by atoms with Gasteiger partial charge in [-0.25, -0.2) is 9.97 Å². The van der Waals surface area contributed by atoms with Crippen molar-refractivity contribution in [2.75, 3.05) is 24.6 Å². The highest BCUT2D eigenvalue weighted by Gasteiger charge is 2.48. The Morgan fingerprint density at radius 3 is 2.74 bits per heavy atom. The van der Waals surface area contributed by atoms with Crippen LogP contribution in [-0.2, 0) is 16.1 Å². The summed E-state index contributed by atoms with van der Waals surface area (Å²) in [5.41, 5.74) is 1.06. The molecule has 4 heterocycles. The molecule has 0 aliphatic carbocycles. The first-order valence-electron chi connectivity index (χ1n) is 7.99. The molecule has 0 N–H and O–H groups in total. The fourth-order valence-corrected chi connectivity index (χ4v) is 3.28. The third-order valence-electron chi connectivity index (χ3n) is 4.48. The van der Waals surface area contributed by atoms with Gasteiger partial charge in [0.2, 0.25) is 5.95 Å². The number of hydrogen-bond donors (Lipinski definition) is 0. The van der Waals surface area contributed by atoms with E-state index >= 15 is 0 Å². The highest BCUT2D eigenvalue weighted by atomic mass is 16.5. The van der Waals surface area contributed by atoms with Gasteiger partial charge in [-0.05, 0) is 30.2 Å². The molecule has 120 valence electrons. The highest BCUT2D eigenvalue weighted by Crippen LogP contribution is 2.36. The van der Waals surface area contributed by atoms with Crippen molar-refractivity contribution in [1.82, 2.24) is 15.0 Å². The molecule has 0 bridgehead atoms. The van der Waals surface area contributed by atoms with E-state index in [0.717, 1.165) is 44.0 Å². The van der Waals surface area contributed by atoms with E-state index in [0.29, 0.717) is 6.61 Å². The van der Waals surface area contributed by atoms with Gasteiger partial charge in [-0.15, -0.1) is 0 Å². The van der Waals surface area contributed by atoms with Gasteiger partial charge in [0.1, 0.15) is 5.60 Å². The highest BCUT2D eigenvalue weighted by molar-refractivity contribution is 5.37. The summed E-state index contributed by atoms with van der Waals surface area (Å²) in [6, 6.07) is 5.82. The largest absolute Gasteiger partial charge is 0.373 e. The molecule has 0 radical (unpaired) electrons. The number of anilines is 1. The van der Waals surface area contributed by atoms with E-state index in [1.54, 1.807) is 24.8 Å². The molecule has 2 aromatic rings. The second-order valence-electron chi connectivity index (χ2n) is 6.22. The predicted octanol–water partition coefficient (Wildman–Crippen LogP) is 1.83. The Bertz CT molecular complexity index is 632. The fraction of sp³-hybridized carbons (Fsp3) is 0.471. The average Bonchev–Trinajstić information content (AvgIpc) is 2.60. The second-order valence-corrected chi connectivity index (χ2v) is 6.22. The molecule has 0 saturated carbocycles. The molecule has 0 amide bonds. The van der Waals surface area contributed by atoms with Crippen LogP contribution in [0, 0.1) is 0 Å². The standard InChI is InChI=1S/C17H20N4O2/c1-5-19-16(20-6-1)21-12-17(13-21)10-15(4-9-23-17)22-11-14-2-7-18-8-3-14/h1-3,5-8,15H,4,9-13H2. The zero-order chi connectivity index (χ0) is 15.5. The molecule has 1 atom stereocenters. The Morgan fingerprint density at radius 1 is 1.17 bits per heavy atom. The minimum absolute atomic E-state index is 0.0969. The van der Waals surface area contributed by atoms with Gasteiger partial charge in [0.15, 0.2) is 0 Å². The maximum Gasteiger partial charge on any atom is 0.225 e. The SMILES string of the molecule is c1cnc(N2CC3(CC(OCc4ccncc4)CCO3)C2)nc1. The van der Waals surface area contributed by atoms with E-state index in [4.69, 9.17) is 9.47 Å². The molecule has 4 rings (SSSR count). The number of pyridine rings is 1. The van der Waals surface area contributed by atoms with E-state index < -0.39 is 0 Å². The van der Waals surface area contributed by atoms with Crippen molar-refractivity contribution in [3.8, 4) is 0 Å². The summed E-state index contributed by atoms with van der Waals surface area (Å²) < 4.78 is 12.1. The fourth-order valence-electron chi connectivity index (χ4n) is 3.28. The third kappa shape index (κ3) is 3.18. The quantitative estimate of drug-likeness (QED) is 0.858. The lowest BCUT2D eigenvalue weighted by Crippen LogP contribution is -2.66. The lowest BCUT2D eigenvalue weighted by atomic mass is 9.85. The van der Waals surface area contributed by atoms with E-state index in [1.807, 2.05) is 18.2 Å². The van der Waals surface area contributed by atoms with E-state index in [1.165, 1.54) is 0 Å². The van der Waals surface area contributed by atoms with Crippen LogP contribution in [0.3, 0.4) is 0 Å². The Kier molecular flexibility index (Phi) is 3.93. The lowest BCUT2D eigenvalue weighted by molar-refractivity contribution is -0.148. The van der Waals surface area contributed by atoms with E-state index in [2.05, 4.69) is 19.9 Å². The summed E-state index contributed by atoms with van der Waals surface area (Å²) in [5, 5.41) is 0. The molecule has 6 heteroatoms. The van der Waals surface area contributed by atoms with Gasteiger partial charge in [-0.3, -0.25) is 4.98 Å². The average molecular weight is 312 g/mol. The summed E-state index contributed by atoms with van der Waals surface area (Å²) in [7, 11) is 0. The molecule has 6 nitrogen and oxygen atoms in total. The van der Waals surface area contributed by atoms with Crippen LogP contribution in [0.2, 0.25) is 0 Å². The molecule has 2 saturated heterocycles. The zero-order valence-corrected chi connectivity index (χ0v) is 13.0. The number of aromatic nitrogens is 3. The smallest absolute Gasteiger partial charge is 0.225 e. The van der Waals surface area contributed by atoms with Gasteiger partial charge in [-0.2, -0.15) is 0 Å². The lowest BCUT2D eigenvalue weighted by Gasteiger charge is -2.52. The van der Waals surface area contributed by atoms with Crippen molar-refractivity contribution in [3.63, 3.8) is 0 Å². The molecular formula is C17H20N4O2. The summed E-state index contributed by atoms with van der Waals surface area (Å²) in [6.45, 7) is 3.07. The van der Waals surface area contributed by atoms with Gasteiger partial charge < -0.3 is 14.4 Å². The first-order valence-corrected chi connectivity index (χ1v) is 7.99. The van der Waals surface area contributed by atoms with Crippen molar-refractivity contribution in [1.29, 1.82) is 0 Å². The molecule has 1 unspecified atom stereocenters. The summed E-state index contributed by atoms with van der Waals surface area (Å²) >= 11 is 0. The predicted molar refractivity (Wildman–Crippen MR) is 85.0 cm³/mol. The Hall–Kier alpha value is -2.05. The Balaban J connectivity index is 1.32. The monoisotopic (exact) mass is 312 g/mol. The van der Waals surface area contributed by atoms with Crippen LogP contribution in [0.1, 0.15) is 18.4 Å². The number of hydrogen-bond acceptors (Lipinski definition) is 6. The van der Waals surface area contributed by atoms with Crippen molar-refractivity contribution >= 4 is 5.95 Å². The number of ether oxygens (including phenoxy) is 2. The molecular weight excluding hydrogens is 292 g/mol. The van der Waals surface area contributed by atoms with Crippen LogP contribution in [0.15, 0.2) is 43.0 Å². The summed E-state index contributed by atoms with van der Waals surface area (Å²) in [4.78, 5) is 14.8. The van der Waals surface area contributed by atoms with Gasteiger partial charge in [0, 0.05) is 37.8 Å². The van der Waals surface area contributed by atoms with Crippen molar-refractivity contribution in [2.24, 2.45) is 0 Å². The van der Waals surface area contributed by atoms with Crippen molar-refractivity contribution in [2.45, 2.75) is 31.2 Å². The van der Waals surface area contributed by atoms with E-state index in [-0.39, 0.29) is 11.7 Å². The van der Waals surface area contributed by atoms with Gasteiger partial charge in [0.05, 0.1) is 25.8 Å². The van der Waals surface area contributed by atoms with Crippen molar-refractivity contribution < 1.29 is 9.47 Å². The van der Waals surface area contributed by atoms with Crippen molar-refractivity contribution in [3.05, 3.63) is 48.5 Å². The molecule has 1 spiro atoms. The van der Waals surface area contributed by atoms with Gasteiger partial charge >= 0.3 is 0 Å². The van der Waals surface area contributed by atoms with Crippen LogP contribution < -0.4 is 4.90 Å². The van der Waals surface area contributed by atoms with Crippen LogP contribution in [0.25, 0.3) is 0 Å². The van der Waals surface area contributed by atoms with Crippen LogP contribution >= 0.6 is 0 Å². The number of rotatable bonds is 4. The normalized spacial score (nSPS) is 22.8. The van der Waals surface area contributed by atoms with Gasteiger partial charge in [0.25, 0.3) is 0 Å². The van der Waals surface area contributed by atoms with Crippen LogP contribution in [0.5, 0.6) is 0 Å². The zero-order valence-electron chi connectivity index (χ0n) is 13.0. The third-order valence-corrected chi connectivity index (χ3v) is 4.48. The summed E-state index contributed by atoms with van der Waals surface area (Å²) in [6.07, 6.45) is 9.28.